The number of esters is 1. The van der Waals surface area contributed by atoms with Crippen LogP contribution in [0.4, 0.5) is 0 Å². The number of piperidine rings is 1. The monoisotopic (exact) mass is 469 g/mol. The van der Waals surface area contributed by atoms with E-state index in [0.29, 0.717) is 23.5 Å². The van der Waals surface area contributed by atoms with E-state index in [1.54, 1.807) is 12.5 Å². The topological polar surface area (TPSA) is 47.6 Å². The molecule has 0 radical (unpaired) electrons. The molecule has 0 aromatic carbocycles. The highest BCUT2D eigenvalue weighted by molar-refractivity contribution is 5.66. The molecule has 0 bridgehead atoms. The number of nitrogens with one attached hydrogen (secondary N) is 1. The van der Waals surface area contributed by atoms with Gasteiger partial charge in [0.05, 0.1) is 11.7 Å². The molecule has 5 fully saturated rings. The van der Waals surface area contributed by atoms with Crippen LogP contribution in [0.25, 0.3) is 0 Å². The van der Waals surface area contributed by atoms with Crippen molar-refractivity contribution >= 4 is 5.97 Å². The third-order valence-corrected chi connectivity index (χ3v) is 11.9. The summed E-state index contributed by atoms with van der Waals surface area (Å²) in [4.78, 5) is 11.6. The molecule has 1 spiro atoms. The molecule has 2 aliphatic heterocycles. The van der Waals surface area contributed by atoms with Gasteiger partial charge in [-0.15, -0.1) is 0 Å². The van der Waals surface area contributed by atoms with Crippen LogP contribution in [0.5, 0.6) is 0 Å². The molecule has 0 aromatic rings. The zero-order valence-corrected chi connectivity index (χ0v) is 22.2. The highest BCUT2D eigenvalue weighted by Gasteiger charge is 2.59. The van der Waals surface area contributed by atoms with Crippen molar-refractivity contribution in [2.75, 3.05) is 6.54 Å². The largest absolute Gasteiger partial charge is 0.463 e. The molecule has 34 heavy (non-hydrogen) atoms. The van der Waals surface area contributed by atoms with E-state index in [-0.39, 0.29) is 17.7 Å². The Bertz CT molecular complexity index is 867. The maximum Gasteiger partial charge on any atom is 0.302 e. The first-order chi connectivity index (χ1) is 16.2. The van der Waals surface area contributed by atoms with Crippen LogP contribution < -0.4 is 5.32 Å². The molecule has 2 saturated heterocycles. The van der Waals surface area contributed by atoms with Gasteiger partial charge in [-0.05, 0) is 113 Å². The standard InChI is InChI=1S/C30H47NO3/c1-17-12-27-28(31-16-17)19(3)30(34-27)11-9-23-24-7-6-21-13-22(33-20(4)32)8-10-29(21,5)26(24)14-25(23)18(2)15-30/h17,19,21-24,26-28,31H,6-16H2,1-5H3/t17-,19+,21+,22+,23?,24-,26-,27+,28-,29-,30-/m0/s1. The van der Waals surface area contributed by atoms with Crippen LogP contribution in [0.3, 0.4) is 0 Å². The first-order valence-electron chi connectivity index (χ1n) is 14.5. The van der Waals surface area contributed by atoms with Gasteiger partial charge in [0.25, 0.3) is 0 Å². The number of hydrogen-bond donors (Lipinski definition) is 1. The van der Waals surface area contributed by atoms with Crippen LogP contribution in [-0.2, 0) is 14.3 Å². The lowest BCUT2D eigenvalue weighted by atomic mass is 9.52. The summed E-state index contributed by atoms with van der Waals surface area (Å²) >= 11 is 0. The summed E-state index contributed by atoms with van der Waals surface area (Å²) in [5, 5.41) is 3.86. The molecule has 2 heterocycles. The van der Waals surface area contributed by atoms with E-state index in [1.807, 2.05) is 5.57 Å². The summed E-state index contributed by atoms with van der Waals surface area (Å²) in [5.74, 6) is 4.38. The molecule has 1 unspecified atom stereocenters. The van der Waals surface area contributed by atoms with E-state index in [2.05, 4.69) is 33.0 Å². The summed E-state index contributed by atoms with van der Waals surface area (Å²) in [5.41, 5.74) is 3.96. The van der Waals surface area contributed by atoms with Gasteiger partial charge < -0.3 is 14.8 Å². The van der Waals surface area contributed by atoms with Gasteiger partial charge in [0, 0.05) is 18.9 Å². The molecule has 4 aliphatic carbocycles. The quantitative estimate of drug-likeness (QED) is 0.375. The first-order valence-corrected chi connectivity index (χ1v) is 14.5. The van der Waals surface area contributed by atoms with Crippen LogP contribution in [0, 0.1) is 40.9 Å². The van der Waals surface area contributed by atoms with Crippen molar-refractivity contribution in [3.05, 3.63) is 11.1 Å². The predicted molar refractivity (Wildman–Crippen MR) is 134 cm³/mol. The first kappa shape index (κ1) is 23.5. The van der Waals surface area contributed by atoms with Crippen LogP contribution in [0.2, 0.25) is 0 Å². The number of fused-ring (bicyclic) bond motifs is 6. The van der Waals surface area contributed by atoms with Crippen molar-refractivity contribution in [3.63, 3.8) is 0 Å². The maximum absolute atomic E-state index is 11.6. The summed E-state index contributed by atoms with van der Waals surface area (Å²) in [7, 11) is 0. The average Bonchev–Trinajstić information content (AvgIpc) is 3.24. The van der Waals surface area contributed by atoms with Crippen molar-refractivity contribution in [1.29, 1.82) is 0 Å². The Balaban J connectivity index is 1.23. The molecule has 11 atom stereocenters. The van der Waals surface area contributed by atoms with Gasteiger partial charge in [-0.3, -0.25) is 4.79 Å². The molecular weight excluding hydrogens is 422 g/mol. The molecule has 1 N–H and O–H groups in total. The fourth-order valence-electron chi connectivity index (χ4n) is 10.1. The Labute approximate surface area is 207 Å². The Kier molecular flexibility index (Phi) is 5.76. The second-order valence-electron chi connectivity index (χ2n) is 13.7. The zero-order valence-electron chi connectivity index (χ0n) is 22.2. The van der Waals surface area contributed by atoms with Crippen molar-refractivity contribution in [1.82, 2.24) is 5.32 Å². The molecule has 6 aliphatic rings. The number of rotatable bonds is 1. The predicted octanol–water partition coefficient (Wildman–Crippen LogP) is 6.04. The third-order valence-electron chi connectivity index (χ3n) is 11.9. The lowest BCUT2D eigenvalue weighted by molar-refractivity contribution is -0.154. The Morgan fingerprint density at radius 2 is 1.94 bits per heavy atom. The summed E-state index contributed by atoms with van der Waals surface area (Å²) in [6, 6.07) is 0.543. The third kappa shape index (κ3) is 3.56. The van der Waals surface area contributed by atoms with Crippen molar-refractivity contribution < 1.29 is 14.3 Å². The van der Waals surface area contributed by atoms with Gasteiger partial charge in [0.2, 0.25) is 0 Å². The fraction of sp³-hybridized carbons (Fsp3) is 0.900. The molecule has 0 amide bonds. The Morgan fingerprint density at radius 1 is 1.12 bits per heavy atom. The fourth-order valence-corrected chi connectivity index (χ4v) is 10.1. The lowest BCUT2D eigenvalue weighted by Gasteiger charge is -2.54. The van der Waals surface area contributed by atoms with Crippen LogP contribution in [0.15, 0.2) is 11.1 Å². The van der Waals surface area contributed by atoms with E-state index >= 15 is 0 Å². The van der Waals surface area contributed by atoms with E-state index in [0.717, 1.165) is 55.4 Å². The van der Waals surface area contributed by atoms with Crippen molar-refractivity contribution in [2.45, 2.75) is 123 Å². The Hall–Kier alpha value is -0.870. The molecule has 3 saturated carbocycles. The van der Waals surface area contributed by atoms with E-state index in [1.165, 1.54) is 44.9 Å². The van der Waals surface area contributed by atoms with E-state index in [9.17, 15) is 4.79 Å². The molecule has 4 nitrogen and oxygen atoms in total. The van der Waals surface area contributed by atoms with Gasteiger partial charge in [0.1, 0.15) is 6.10 Å². The number of carbonyl (C=O) groups is 1. The normalized spacial score (nSPS) is 52.4. The van der Waals surface area contributed by atoms with E-state index in [4.69, 9.17) is 9.47 Å². The van der Waals surface area contributed by atoms with Gasteiger partial charge in [-0.1, -0.05) is 31.9 Å². The minimum atomic E-state index is -0.104. The lowest BCUT2D eigenvalue weighted by Crippen LogP contribution is -2.48. The summed E-state index contributed by atoms with van der Waals surface area (Å²) < 4.78 is 12.7. The minimum Gasteiger partial charge on any atom is -0.463 e. The second-order valence-corrected chi connectivity index (χ2v) is 13.7. The number of allylic oxidation sites excluding steroid dienone is 1. The second kappa shape index (κ2) is 8.33. The molecule has 4 heteroatoms. The summed E-state index contributed by atoms with van der Waals surface area (Å²) in [6.07, 6.45) is 12.9. The van der Waals surface area contributed by atoms with Gasteiger partial charge >= 0.3 is 5.97 Å². The maximum atomic E-state index is 11.6. The van der Waals surface area contributed by atoms with E-state index < -0.39 is 0 Å². The average molecular weight is 470 g/mol. The van der Waals surface area contributed by atoms with Crippen molar-refractivity contribution in [3.8, 4) is 0 Å². The van der Waals surface area contributed by atoms with Crippen LogP contribution in [0.1, 0.15) is 98.8 Å². The number of hydrogen-bond acceptors (Lipinski definition) is 4. The smallest absolute Gasteiger partial charge is 0.302 e. The molecule has 6 rings (SSSR count). The molecule has 0 aromatic heterocycles. The van der Waals surface area contributed by atoms with Crippen molar-refractivity contribution in [2.24, 2.45) is 40.9 Å². The number of carbonyl (C=O) groups excluding carboxylic acids is 1. The van der Waals surface area contributed by atoms with Gasteiger partial charge in [-0.2, -0.15) is 0 Å². The highest BCUT2D eigenvalue weighted by Crippen LogP contribution is 2.65. The zero-order chi connectivity index (χ0) is 23.8. The Morgan fingerprint density at radius 3 is 2.74 bits per heavy atom. The van der Waals surface area contributed by atoms with Crippen LogP contribution >= 0.6 is 0 Å². The molecule has 190 valence electrons. The van der Waals surface area contributed by atoms with Crippen LogP contribution in [-0.4, -0.2) is 36.4 Å². The van der Waals surface area contributed by atoms with Gasteiger partial charge in [-0.25, -0.2) is 0 Å². The number of ether oxygens (including phenoxy) is 2. The van der Waals surface area contributed by atoms with Gasteiger partial charge in [0.15, 0.2) is 0 Å². The summed E-state index contributed by atoms with van der Waals surface area (Å²) in [6.45, 7) is 12.6. The molecular formula is C30H47NO3. The highest BCUT2D eigenvalue weighted by atomic mass is 16.5. The minimum absolute atomic E-state index is 0.0481. The SMILES string of the molecule is CC(=O)O[C@@H]1CC[C@@]2(C)[C@H](CC[C@H]3C4CC[C@@]5(CC(C)=C4C[C@@H]32)O[C@@H]2C[C@H](C)CN[C@H]2[C@H]5C)C1.